The van der Waals surface area contributed by atoms with Gasteiger partial charge in [0.2, 0.25) is 10.0 Å². The van der Waals surface area contributed by atoms with Crippen molar-refractivity contribution in [2.45, 2.75) is 31.7 Å². The highest BCUT2D eigenvalue weighted by molar-refractivity contribution is 7.89. The highest BCUT2D eigenvalue weighted by Gasteiger charge is 2.29. The molecule has 1 amide bonds. The normalized spacial score (nSPS) is 15.3. The van der Waals surface area contributed by atoms with Crippen LogP contribution in [0.1, 0.15) is 36.2 Å². The lowest BCUT2D eigenvalue weighted by molar-refractivity contribution is -0.124. The number of esters is 1. The Labute approximate surface area is 201 Å². The summed E-state index contributed by atoms with van der Waals surface area (Å²) in [7, 11) is -3.75. The lowest BCUT2D eigenvalue weighted by atomic mass is 10.1. The van der Waals surface area contributed by atoms with Crippen molar-refractivity contribution >= 4 is 21.9 Å². The van der Waals surface area contributed by atoms with Crippen LogP contribution in [0.3, 0.4) is 0 Å². The number of ether oxygens (including phenoxy) is 1. The van der Waals surface area contributed by atoms with Gasteiger partial charge in [-0.15, -0.1) is 0 Å². The van der Waals surface area contributed by atoms with E-state index in [2.05, 4.69) is 36.2 Å². The Morgan fingerprint density at radius 2 is 1.71 bits per heavy atom. The van der Waals surface area contributed by atoms with Crippen LogP contribution in [0, 0.1) is 5.92 Å². The zero-order valence-corrected chi connectivity index (χ0v) is 20.6. The van der Waals surface area contributed by atoms with Crippen LogP contribution in [0.15, 0.2) is 59.5 Å². The van der Waals surface area contributed by atoms with Crippen LogP contribution in [0.25, 0.3) is 0 Å². The van der Waals surface area contributed by atoms with Gasteiger partial charge in [0, 0.05) is 39.3 Å². The standard InChI is InChI=1S/C25H33N3O5S/c1-20(2)11-12-26-24(29)19-33-25(30)22-9-6-10-23(17-22)34(31,32)28-15-13-27(14-16-28)18-21-7-4-3-5-8-21/h3-10,17,20H,11-16,18-19H2,1-2H3,(H,26,29). The maximum atomic E-state index is 13.2. The number of piperazine rings is 1. The van der Waals surface area contributed by atoms with E-state index < -0.39 is 22.6 Å². The lowest BCUT2D eigenvalue weighted by Crippen LogP contribution is -2.48. The van der Waals surface area contributed by atoms with Crippen LogP contribution in [-0.2, 0) is 26.1 Å². The minimum Gasteiger partial charge on any atom is -0.452 e. The van der Waals surface area contributed by atoms with Gasteiger partial charge in [-0.1, -0.05) is 50.2 Å². The van der Waals surface area contributed by atoms with Crippen molar-refractivity contribution in [1.29, 1.82) is 0 Å². The summed E-state index contributed by atoms with van der Waals surface area (Å²) in [5.41, 5.74) is 1.29. The third-order valence-corrected chi connectivity index (χ3v) is 7.56. The Kier molecular flexibility index (Phi) is 9.20. The summed E-state index contributed by atoms with van der Waals surface area (Å²) in [6, 6.07) is 15.9. The molecule has 1 saturated heterocycles. The van der Waals surface area contributed by atoms with Gasteiger partial charge in [0.1, 0.15) is 0 Å². The molecule has 9 heteroatoms. The minimum atomic E-state index is -3.75. The van der Waals surface area contributed by atoms with Crippen LogP contribution >= 0.6 is 0 Å². The first kappa shape index (κ1) is 25.9. The third-order valence-electron chi connectivity index (χ3n) is 5.67. The molecule has 1 aliphatic rings. The van der Waals surface area contributed by atoms with E-state index >= 15 is 0 Å². The molecule has 0 aliphatic carbocycles. The zero-order chi connectivity index (χ0) is 24.6. The smallest absolute Gasteiger partial charge is 0.338 e. The Bertz CT molecular complexity index is 1060. The number of nitrogens with one attached hydrogen (secondary N) is 1. The number of carbonyl (C=O) groups excluding carboxylic acids is 2. The molecule has 0 saturated carbocycles. The van der Waals surface area contributed by atoms with E-state index in [1.54, 1.807) is 0 Å². The van der Waals surface area contributed by atoms with Crippen molar-refractivity contribution in [1.82, 2.24) is 14.5 Å². The van der Waals surface area contributed by atoms with E-state index in [-0.39, 0.29) is 16.4 Å². The van der Waals surface area contributed by atoms with E-state index in [9.17, 15) is 18.0 Å². The van der Waals surface area contributed by atoms with Gasteiger partial charge in [0.05, 0.1) is 10.5 Å². The highest BCUT2D eigenvalue weighted by atomic mass is 32.2. The summed E-state index contributed by atoms with van der Waals surface area (Å²) in [6.45, 7) is 7.00. The van der Waals surface area contributed by atoms with E-state index in [0.717, 1.165) is 13.0 Å². The molecule has 0 spiro atoms. The molecular formula is C25H33N3O5S. The van der Waals surface area contributed by atoms with Gasteiger partial charge in [-0.05, 0) is 36.1 Å². The van der Waals surface area contributed by atoms with Gasteiger partial charge in [0.25, 0.3) is 5.91 Å². The fourth-order valence-electron chi connectivity index (χ4n) is 3.67. The average molecular weight is 488 g/mol. The highest BCUT2D eigenvalue weighted by Crippen LogP contribution is 2.20. The monoisotopic (exact) mass is 487 g/mol. The molecule has 3 rings (SSSR count). The first-order valence-corrected chi connectivity index (χ1v) is 13.0. The Hall–Kier alpha value is -2.75. The predicted molar refractivity (Wildman–Crippen MR) is 130 cm³/mol. The van der Waals surface area contributed by atoms with Crippen molar-refractivity contribution in [3.05, 3.63) is 65.7 Å². The second-order valence-electron chi connectivity index (χ2n) is 8.80. The van der Waals surface area contributed by atoms with Crippen molar-refractivity contribution in [3.8, 4) is 0 Å². The van der Waals surface area contributed by atoms with Crippen molar-refractivity contribution < 1.29 is 22.7 Å². The molecule has 34 heavy (non-hydrogen) atoms. The molecule has 2 aromatic carbocycles. The Balaban J connectivity index is 1.54. The van der Waals surface area contributed by atoms with Crippen molar-refractivity contribution in [2.24, 2.45) is 5.92 Å². The SMILES string of the molecule is CC(C)CCNC(=O)COC(=O)c1cccc(S(=O)(=O)N2CCN(Cc3ccccc3)CC2)c1. The molecule has 1 aliphatic heterocycles. The molecule has 0 radical (unpaired) electrons. The van der Waals surface area contributed by atoms with Gasteiger partial charge in [-0.2, -0.15) is 4.31 Å². The van der Waals surface area contributed by atoms with Crippen LogP contribution in [-0.4, -0.2) is 68.8 Å². The van der Waals surface area contributed by atoms with Gasteiger partial charge < -0.3 is 10.1 Å². The average Bonchev–Trinajstić information content (AvgIpc) is 2.83. The fourth-order valence-corrected chi connectivity index (χ4v) is 5.14. The molecule has 2 aromatic rings. The minimum absolute atomic E-state index is 0.0415. The first-order valence-electron chi connectivity index (χ1n) is 11.6. The second-order valence-corrected chi connectivity index (χ2v) is 10.7. The number of benzene rings is 2. The largest absolute Gasteiger partial charge is 0.452 e. The summed E-state index contributed by atoms with van der Waals surface area (Å²) < 4.78 is 32.8. The van der Waals surface area contributed by atoms with E-state index in [1.807, 2.05) is 18.2 Å². The van der Waals surface area contributed by atoms with Crippen molar-refractivity contribution in [3.63, 3.8) is 0 Å². The van der Waals surface area contributed by atoms with Gasteiger partial charge in [0.15, 0.2) is 6.61 Å². The number of carbonyl (C=O) groups is 2. The topological polar surface area (TPSA) is 96.0 Å². The van der Waals surface area contributed by atoms with E-state index in [0.29, 0.717) is 38.6 Å². The molecule has 0 bridgehead atoms. The van der Waals surface area contributed by atoms with Crippen LogP contribution < -0.4 is 5.32 Å². The third kappa shape index (κ3) is 7.38. The summed E-state index contributed by atoms with van der Waals surface area (Å²) in [5.74, 6) is -0.658. The van der Waals surface area contributed by atoms with Gasteiger partial charge in [-0.3, -0.25) is 9.69 Å². The van der Waals surface area contributed by atoms with Gasteiger partial charge >= 0.3 is 5.97 Å². The van der Waals surface area contributed by atoms with Crippen molar-refractivity contribution in [2.75, 3.05) is 39.3 Å². The quantitative estimate of drug-likeness (QED) is 0.518. The molecule has 1 fully saturated rings. The number of nitrogens with zero attached hydrogens (tertiary/aromatic N) is 2. The first-order chi connectivity index (χ1) is 16.3. The number of hydrogen-bond donors (Lipinski definition) is 1. The molecular weight excluding hydrogens is 454 g/mol. The lowest BCUT2D eigenvalue weighted by Gasteiger charge is -2.34. The summed E-state index contributed by atoms with van der Waals surface area (Å²) in [4.78, 5) is 26.5. The number of rotatable bonds is 10. The second kappa shape index (κ2) is 12.1. The molecule has 1 N–H and O–H groups in total. The molecule has 0 atom stereocenters. The molecule has 0 unspecified atom stereocenters. The predicted octanol–water partition coefficient (Wildman–Crippen LogP) is 2.51. The van der Waals surface area contributed by atoms with E-state index in [4.69, 9.17) is 4.74 Å². The Morgan fingerprint density at radius 1 is 1.00 bits per heavy atom. The fraction of sp³-hybridized carbons (Fsp3) is 0.440. The maximum Gasteiger partial charge on any atom is 0.338 e. The summed E-state index contributed by atoms with van der Waals surface area (Å²) in [5, 5.41) is 2.70. The Morgan fingerprint density at radius 3 is 2.38 bits per heavy atom. The number of sulfonamides is 1. The maximum absolute atomic E-state index is 13.2. The van der Waals surface area contributed by atoms with E-state index in [1.165, 1.54) is 34.1 Å². The van der Waals surface area contributed by atoms with Crippen LogP contribution in [0.2, 0.25) is 0 Å². The van der Waals surface area contributed by atoms with Crippen LogP contribution in [0.4, 0.5) is 0 Å². The molecule has 0 aromatic heterocycles. The molecule has 184 valence electrons. The molecule has 1 heterocycles. The summed E-state index contributed by atoms with van der Waals surface area (Å²) in [6.07, 6.45) is 0.833. The number of hydrogen-bond acceptors (Lipinski definition) is 6. The van der Waals surface area contributed by atoms with Crippen LogP contribution in [0.5, 0.6) is 0 Å². The van der Waals surface area contributed by atoms with Gasteiger partial charge in [-0.25, -0.2) is 13.2 Å². The number of amides is 1. The molecule has 8 nitrogen and oxygen atoms in total. The zero-order valence-electron chi connectivity index (χ0n) is 19.8. The summed E-state index contributed by atoms with van der Waals surface area (Å²) >= 11 is 0.